The maximum absolute atomic E-state index is 8.71. The molecule has 20 heavy (non-hydrogen) atoms. The Labute approximate surface area is 121 Å². The maximum Gasteiger partial charge on any atom is 0.195 e. The molecule has 0 saturated heterocycles. The van der Waals surface area contributed by atoms with Gasteiger partial charge in [-0.05, 0) is 37.2 Å². The first-order chi connectivity index (χ1) is 9.78. The van der Waals surface area contributed by atoms with Gasteiger partial charge in [0.05, 0.1) is 5.56 Å². The summed E-state index contributed by atoms with van der Waals surface area (Å²) in [6.45, 7) is 1.47. The van der Waals surface area contributed by atoms with Gasteiger partial charge in [-0.15, -0.1) is 0 Å². The summed E-state index contributed by atoms with van der Waals surface area (Å²) in [5.41, 5.74) is 0.559. The van der Waals surface area contributed by atoms with Gasteiger partial charge in [0.15, 0.2) is 4.77 Å². The van der Waals surface area contributed by atoms with E-state index in [9.17, 15) is 0 Å². The fourth-order valence-electron chi connectivity index (χ4n) is 2.06. The highest BCUT2D eigenvalue weighted by atomic mass is 32.1. The number of hydrogen-bond donors (Lipinski definition) is 2. The molecule has 0 spiro atoms. The van der Waals surface area contributed by atoms with Crippen LogP contribution >= 0.6 is 12.2 Å². The van der Waals surface area contributed by atoms with Crippen molar-refractivity contribution < 1.29 is 0 Å². The number of H-pyrrole nitrogens is 1. The second kappa shape index (κ2) is 5.43. The number of anilines is 1. The highest BCUT2D eigenvalue weighted by Crippen LogP contribution is 2.38. The van der Waals surface area contributed by atoms with Crippen molar-refractivity contribution in [3.05, 3.63) is 34.5 Å². The van der Waals surface area contributed by atoms with Crippen LogP contribution in [0.15, 0.2) is 18.3 Å². The van der Waals surface area contributed by atoms with Gasteiger partial charge in [-0.25, -0.2) is 4.98 Å². The number of nitrogens with one attached hydrogen (secondary N) is 2. The molecule has 1 aliphatic carbocycles. The predicted molar refractivity (Wildman–Crippen MR) is 76.8 cm³/mol. The third-order valence-corrected chi connectivity index (χ3v) is 3.58. The van der Waals surface area contributed by atoms with Crippen LogP contribution in [-0.4, -0.2) is 26.3 Å². The van der Waals surface area contributed by atoms with Gasteiger partial charge in [-0.3, -0.25) is 5.10 Å². The molecule has 2 heterocycles. The summed E-state index contributed by atoms with van der Waals surface area (Å²) in [6.07, 6.45) is 3.95. The van der Waals surface area contributed by atoms with Crippen LogP contribution in [0.4, 0.5) is 5.82 Å². The van der Waals surface area contributed by atoms with Crippen molar-refractivity contribution in [1.82, 2.24) is 19.7 Å². The standard InChI is InChI=1S/C13H14N6S/c14-7-9-1-4-11(16-8-9)15-5-6-19-12(10-2-3-10)17-18-13(19)20/h1,4,8,10H,2-3,5-6H2,(H,15,16)(H,18,20). The number of hydrogen-bond acceptors (Lipinski definition) is 5. The van der Waals surface area contributed by atoms with E-state index in [1.807, 2.05) is 10.6 Å². The molecule has 6 nitrogen and oxygen atoms in total. The average molecular weight is 286 g/mol. The van der Waals surface area contributed by atoms with Gasteiger partial charge in [-0.1, -0.05) is 0 Å². The van der Waals surface area contributed by atoms with Gasteiger partial charge in [-0.2, -0.15) is 10.4 Å². The van der Waals surface area contributed by atoms with Crippen molar-refractivity contribution in [3.63, 3.8) is 0 Å². The van der Waals surface area contributed by atoms with Gasteiger partial charge in [0.2, 0.25) is 0 Å². The summed E-state index contributed by atoms with van der Waals surface area (Å²) in [5.74, 6) is 2.38. The molecule has 7 heteroatoms. The third kappa shape index (κ3) is 2.70. The summed E-state index contributed by atoms with van der Waals surface area (Å²) < 4.78 is 2.71. The predicted octanol–water partition coefficient (Wildman–Crippen LogP) is 2.20. The molecule has 2 N–H and O–H groups in total. The van der Waals surface area contributed by atoms with Crippen molar-refractivity contribution in [2.45, 2.75) is 25.3 Å². The Kier molecular flexibility index (Phi) is 3.48. The summed E-state index contributed by atoms with van der Waals surface area (Å²) in [5, 5.41) is 19.1. The highest BCUT2D eigenvalue weighted by Gasteiger charge is 2.28. The Morgan fingerprint density at radius 1 is 1.50 bits per heavy atom. The van der Waals surface area contributed by atoms with E-state index in [0.29, 0.717) is 22.8 Å². The van der Waals surface area contributed by atoms with Gasteiger partial charge in [0.25, 0.3) is 0 Å². The number of nitriles is 1. The van der Waals surface area contributed by atoms with Crippen LogP contribution in [0, 0.1) is 16.1 Å². The highest BCUT2D eigenvalue weighted by molar-refractivity contribution is 7.71. The Bertz CT molecular complexity index is 689. The number of rotatable bonds is 5. The van der Waals surface area contributed by atoms with E-state index in [0.717, 1.165) is 18.2 Å². The fraction of sp³-hybridized carbons (Fsp3) is 0.385. The molecular weight excluding hydrogens is 272 g/mol. The number of aromatic nitrogens is 4. The van der Waals surface area contributed by atoms with Crippen molar-refractivity contribution in [1.29, 1.82) is 5.26 Å². The minimum absolute atomic E-state index is 0.559. The molecule has 0 aromatic carbocycles. The SMILES string of the molecule is N#Cc1ccc(NCCn2c(C3CC3)n[nH]c2=S)nc1. The first-order valence-corrected chi connectivity index (χ1v) is 6.94. The molecule has 1 fully saturated rings. The second-order valence-corrected chi connectivity index (χ2v) is 5.17. The van der Waals surface area contributed by atoms with Crippen molar-refractivity contribution in [2.75, 3.05) is 11.9 Å². The molecule has 102 valence electrons. The van der Waals surface area contributed by atoms with E-state index < -0.39 is 0 Å². The molecule has 1 aliphatic rings. The topological polar surface area (TPSA) is 82.3 Å². The van der Waals surface area contributed by atoms with Gasteiger partial charge < -0.3 is 9.88 Å². The fourth-order valence-corrected chi connectivity index (χ4v) is 2.29. The number of aromatic amines is 1. The lowest BCUT2D eigenvalue weighted by Gasteiger charge is -2.08. The molecule has 0 radical (unpaired) electrons. The molecule has 0 unspecified atom stereocenters. The molecular formula is C13H14N6S. The largest absolute Gasteiger partial charge is 0.368 e. The Morgan fingerprint density at radius 3 is 3.00 bits per heavy atom. The first-order valence-electron chi connectivity index (χ1n) is 6.53. The molecule has 0 aliphatic heterocycles. The van der Waals surface area contributed by atoms with Crippen molar-refractivity contribution in [3.8, 4) is 6.07 Å². The van der Waals surface area contributed by atoms with Crippen LogP contribution in [0.5, 0.6) is 0 Å². The molecule has 2 aromatic rings. The second-order valence-electron chi connectivity index (χ2n) is 4.78. The van der Waals surface area contributed by atoms with Crippen LogP contribution in [0.3, 0.4) is 0 Å². The lowest BCUT2D eigenvalue weighted by molar-refractivity contribution is 0.668. The summed E-state index contributed by atoms with van der Waals surface area (Å²) in [7, 11) is 0. The molecule has 3 rings (SSSR count). The third-order valence-electron chi connectivity index (χ3n) is 3.26. The normalized spacial score (nSPS) is 13.9. The summed E-state index contributed by atoms with van der Waals surface area (Å²) in [6, 6.07) is 5.59. The van der Waals surface area contributed by atoms with Gasteiger partial charge in [0.1, 0.15) is 17.7 Å². The zero-order chi connectivity index (χ0) is 13.9. The minimum Gasteiger partial charge on any atom is -0.368 e. The lowest BCUT2D eigenvalue weighted by atomic mass is 10.3. The number of pyridine rings is 1. The van der Waals surface area contributed by atoms with E-state index in [-0.39, 0.29) is 0 Å². The molecule has 1 saturated carbocycles. The maximum atomic E-state index is 8.71. The quantitative estimate of drug-likeness (QED) is 0.823. The Hall–Kier alpha value is -2.20. The van der Waals surface area contributed by atoms with Gasteiger partial charge in [0, 0.05) is 25.2 Å². The minimum atomic E-state index is 0.559. The van der Waals surface area contributed by atoms with Crippen LogP contribution in [0.1, 0.15) is 30.1 Å². The van der Waals surface area contributed by atoms with Crippen molar-refractivity contribution >= 4 is 18.0 Å². The van der Waals surface area contributed by atoms with Crippen LogP contribution < -0.4 is 5.32 Å². The number of nitrogens with zero attached hydrogens (tertiary/aromatic N) is 4. The van der Waals surface area contributed by atoms with E-state index >= 15 is 0 Å². The van der Waals surface area contributed by atoms with Crippen LogP contribution in [0.2, 0.25) is 0 Å². The van der Waals surface area contributed by atoms with Crippen molar-refractivity contribution in [2.24, 2.45) is 0 Å². The zero-order valence-corrected chi connectivity index (χ0v) is 11.7. The Morgan fingerprint density at radius 2 is 2.35 bits per heavy atom. The van der Waals surface area contributed by atoms with Gasteiger partial charge >= 0.3 is 0 Å². The molecule has 2 aromatic heterocycles. The zero-order valence-electron chi connectivity index (χ0n) is 10.8. The van der Waals surface area contributed by atoms with E-state index in [2.05, 4.69) is 20.5 Å². The summed E-state index contributed by atoms with van der Waals surface area (Å²) in [4.78, 5) is 4.17. The monoisotopic (exact) mass is 286 g/mol. The van der Waals surface area contributed by atoms with E-state index in [1.165, 1.54) is 12.8 Å². The lowest BCUT2D eigenvalue weighted by Crippen LogP contribution is -2.13. The van der Waals surface area contributed by atoms with E-state index in [4.69, 9.17) is 17.5 Å². The average Bonchev–Trinajstić information content (AvgIpc) is 3.25. The molecule has 0 bridgehead atoms. The summed E-state index contributed by atoms with van der Waals surface area (Å²) >= 11 is 5.25. The smallest absolute Gasteiger partial charge is 0.195 e. The molecule has 0 atom stereocenters. The first kappa shape index (κ1) is 12.8. The Balaban J connectivity index is 1.61. The van der Waals surface area contributed by atoms with Crippen LogP contribution in [0.25, 0.3) is 0 Å². The molecule has 0 amide bonds. The van der Waals surface area contributed by atoms with Crippen LogP contribution in [-0.2, 0) is 6.54 Å². The van der Waals surface area contributed by atoms with E-state index in [1.54, 1.807) is 18.3 Å².